The van der Waals surface area contributed by atoms with E-state index in [2.05, 4.69) is 25.3 Å². The van der Waals surface area contributed by atoms with Crippen LogP contribution in [0.3, 0.4) is 0 Å². The normalized spacial score (nSPS) is 12.4. The number of aromatic nitrogens is 4. The van der Waals surface area contributed by atoms with Gasteiger partial charge in [-0.15, -0.1) is 0 Å². The van der Waals surface area contributed by atoms with Crippen LogP contribution in [0.15, 0.2) is 36.5 Å². The first kappa shape index (κ1) is 24.6. The minimum atomic E-state index is -2.58. The molecule has 0 saturated carbocycles. The Kier molecular flexibility index (Phi) is 6.54. The molecule has 0 fully saturated rings. The summed E-state index contributed by atoms with van der Waals surface area (Å²) in [5, 5.41) is 12.5. The molecule has 0 unspecified atom stereocenters. The molecule has 0 aliphatic rings. The molecule has 0 saturated heterocycles. The molecule has 0 aliphatic heterocycles. The smallest absolute Gasteiger partial charge is 0.151 e. The average Bonchev–Trinajstić information content (AvgIpc) is 2.81. The van der Waals surface area contributed by atoms with Crippen molar-refractivity contribution in [1.29, 1.82) is 5.26 Å². The van der Waals surface area contributed by atoms with E-state index in [1.54, 1.807) is 39.3 Å². The Morgan fingerprint density at radius 1 is 1.11 bits per heavy atom. The van der Waals surface area contributed by atoms with Crippen molar-refractivity contribution >= 4 is 40.9 Å². The molecule has 7 nitrogen and oxygen atoms in total. The maximum atomic E-state index is 15.0. The highest BCUT2D eigenvalue weighted by atomic mass is 35.5. The number of nitriles is 1. The number of halogens is 3. The zero-order valence-corrected chi connectivity index (χ0v) is 20.9. The van der Waals surface area contributed by atoms with Gasteiger partial charge in [-0.1, -0.05) is 11.6 Å². The Labute approximate surface area is 205 Å². The molecule has 4 aromatic heterocycles. The van der Waals surface area contributed by atoms with E-state index in [0.717, 1.165) is 0 Å². The molecular formula is C24H20ClF2N6OP. The third-order valence-electron chi connectivity index (χ3n) is 5.35. The van der Waals surface area contributed by atoms with E-state index in [0.29, 0.717) is 22.4 Å². The van der Waals surface area contributed by atoms with Gasteiger partial charge in [-0.05, 0) is 51.4 Å². The highest BCUT2D eigenvalue weighted by Gasteiger charge is 2.21. The Morgan fingerprint density at radius 3 is 2.49 bits per heavy atom. The lowest BCUT2D eigenvalue weighted by Gasteiger charge is -2.19. The van der Waals surface area contributed by atoms with Crippen molar-refractivity contribution in [2.45, 2.75) is 19.9 Å². The number of aryl methyl sites for hydroxylation is 1. The number of rotatable bonds is 5. The topological polar surface area (TPSA) is 104 Å². The molecule has 11 heteroatoms. The Bertz CT molecular complexity index is 1550. The first-order valence-corrected chi connectivity index (χ1v) is 13.5. The lowest BCUT2D eigenvalue weighted by molar-refractivity contribution is 0.586. The highest BCUT2D eigenvalue weighted by molar-refractivity contribution is 7.69. The number of hydrogen-bond donors (Lipinski definition) is 1. The Balaban J connectivity index is 1.84. The number of nitrogens with zero attached hydrogens (tertiary/aromatic N) is 5. The van der Waals surface area contributed by atoms with Gasteiger partial charge in [0.05, 0.1) is 39.1 Å². The number of anilines is 1. The quantitative estimate of drug-likeness (QED) is 0.346. The minimum absolute atomic E-state index is 0.00629. The second-order valence-corrected chi connectivity index (χ2v) is 11.9. The second kappa shape index (κ2) is 9.29. The molecular weight excluding hydrogens is 493 g/mol. The average molecular weight is 513 g/mol. The molecule has 1 N–H and O–H groups in total. The molecule has 0 spiro atoms. The van der Waals surface area contributed by atoms with Gasteiger partial charge in [-0.25, -0.2) is 23.7 Å². The van der Waals surface area contributed by atoms with Crippen LogP contribution in [0.4, 0.5) is 14.5 Å². The molecule has 4 rings (SSSR count). The van der Waals surface area contributed by atoms with Crippen LogP contribution < -0.4 is 10.8 Å². The van der Waals surface area contributed by atoms with E-state index in [9.17, 15) is 8.96 Å². The van der Waals surface area contributed by atoms with Crippen LogP contribution in [0.25, 0.3) is 22.3 Å². The zero-order chi connectivity index (χ0) is 25.5. The summed E-state index contributed by atoms with van der Waals surface area (Å²) >= 11 is 6.54. The van der Waals surface area contributed by atoms with Crippen LogP contribution in [0.5, 0.6) is 0 Å². The summed E-state index contributed by atoms with van der Waals surface area (Å²) in [6.45, 7) is 6.52. The van der Waals surface area contributed by atoms with E-state index >= 15 is 4.39 Å². The van der Waals surface area contributed by atoms with Crippen LogP contribution in [0.1, 0.15) is 30.0 Å². The van der Waals surface area contributed by atoms with Gasteiger partial charge >= 0.3 is 0 Å². The summed E-state index contributed by atoms with van der Waals surface area (Å²) in [4.78, 5) is 17.1. The van der Waals surface area contributed by atoms with Crippen LogP contribution >= 0.6 is 18.7 Å². The van der Waals surface area contributed by atoms with Gasteiger partial charge in [-0.3, -0.25) is 4.98 Å². The molecule has 0 amide bonds. The third kappa shape index (κ3) is 4.86. The lowest BCUT2D eigenvalue weighted by Crippen LogP contribution is -2.13. The molecule has 0 radical (unpaired) electrons. The summed E-state index contributed by atoms with van der Waals surface area (Å²) in [5.41, 5.74) is 2.16. The molecule has 35 heavy (non-hydrogen) atoms. The van der Waals surface area contributed by atoms with Gasteiger partial charge in [0.2, 0.25) is 0 Å². The van der Waals surface area contributed by atoms with E-state index < -0.39 is 24.8 Å². The van der Waals surface area contributed by atoms with E-state index in [-0.39, 0.29) is 33.1 Å². The van der Waals surface area contributed by atoms with Gasteiger partial charge < -0.3 is 9.88 Å². The maximum absolute atomic E-state index is 15.0. The zero-order valence-electron chi connectivity index (χ0n) is 19.3. The SMILES string of the molecule is Cc1nc2cc(F)c(-c3ccc(P(C)(C)=O)nc3)nc2c(N[C@@H](C)c2nc(C#N)ccc2F)c1Cl. The van der Waals surface area contributed by atoms with Crippen molar-refractivity contribution in [2.75, 3.05) is 18.6 Å². The van der Waals surface area contributed by atoms with Crippen molar-refractivity contribution in [1.82, 2.24) is 19.9 Å². The largest absolute Gasteiger partial charge is 0.374 e. The van der Waals surface area contributed by atoms with Gasteiger partial charge in [0.15, 0.2) is 5.82 Å². The summed E-state index contributed by atoms with van der Waals surface area (Å²) < 4.78 is 41.8. The molecule has 0 aromatic carbocycles. The molecule has 0 bridgehead atoms. The Hall–Kier alpha value is -3.47. The van der Waals surface area contributed by atoms with E-state index in [4.69, 9.17) is 16.9 Å². The molecule has 178 valence electrons. The fourth-order valence-electron chi connectivity index (χ4n) is 3.55. The standard InChI is InChI=1S/C24H20ClF2N6OP/c1-12-20(25)24(31-13(2)21-16(26)7-6-15(10-28)32-21)23-18(30-12)9-17(27)22(33-23)14-5-8-19(29-11-14)35(3,4)34/h5-9,11,13H,1-4H3,(H,30,31)/t13-/m0/s1. The molecule has 1 atom stereocenters. The van der Waals surface area contributed by atoms with E-state index in [1.807, 2.05) is 6.07 Å². The monoisotopic (exact) mass is 512 g/mol. The van der Waals surface area contributed by atoms with Crippen LogP contribution in [-0.4, -0.2) is 33.3 Å². The van der Waals surface area contributed by atoms with Crippen molar-refractivity contribution in [3.8, 4) is 17.3 Å². The number of nitrogens with one attached hydrogen (secondary N) is 1. The van der Waals surface area contributed by atoms with E-state index in [1.165, 1.54) is 24.4 Å². The fourth-order valence-corrected chi connectivity index (χ4v) is 4.51. The van der Waals surface area contributed by atoms with Gasteiger partial charge in [-0.2, -0.15) is 5.26 Å². The number of hydrogen-bond acceptors (Lipinski definition) is 7. The number of fused-ring (bicyclic) bond motifs is 1. The first-order chi connectivity index (χ1) is 16.5. The molecule has 4 aromatic rings. The summed E-state index contributed by atoms with van der Waals surface area (Å²) in [6.07, 6.45) is 1.41. The van der Waals surface area contributed by atoms with Gasteiger partial charge in [0.1, 0.15) is 35.9 Å². The second-order valence-electron chi connectivity index (χ2n) is 8.37. The van der Waals surface area contributed by atoms with Crippen molar-refractivity contribution in [2.24, 2.45) is 0 Å². The lowest BCUT2D eigenvalue weighted by atomic mass is 10.1. The predicted molar refractivity (Wildman–Crippen MR) is 133 cm³/mol. The van der Waals surface area contributed by atoms with Gasteiger partial charge in [0, 0.05) is 17.8 Å². The predicted octanol–water partition coefficient (Wildman–Crippen LogP) is 5.62. The Morgan fingerprint density at radius 2 is 1.86 bits per heavy atom. The highest BCUT2D eigenvalue weighted by Crippen LogP contribution is 2.37. The van der Waals surface area contributed by atoms with Crippen molar-refractivity contribution in [3.05, 3.63) is 70.3 Å². The van der Waals surface area contributed by atoms with Gasteiger partial charge in [0.25, 0.3) is 0 Å². The maximum Gasteiger partial charge on any atom is 0.151 e. The van der Waals surface area contributed by atoms with Crippen molar-refractivity contribution in [3.63, 3.8) is 0 Å². The first-order valence-electron chi connectivity index (χ1n) is 10.5. The third-order valence-corrected chi connectivity index (χ3v) is 7.18. The van der Waals surface area contributed by atoms with Crippen LogP contribution in [0.2, 0.25) is 5.02 Å². The molecule has 4 heterocycles. The number of pyridine rings is 4. The molecule has 0 aliphatic carbocycles. The minimum Gasteiger partial charge on any atom is -0.374 e. The van der Waals surface area contributed by atoms with Crippen LogP contribution in [-0.2, 0) is 4.57 Å². The fraction of sp³-hybridized carbons (Fsp3) is 0.208. The van der Waals surface area contributed by atoms with Crippen LogP contribution in [0, 0.1) is 29.9 Å². The van der Waals surface area contributed by atoms with Crippen molar-refractivity contribution < 1.29 is 13.3 Å². The summed E-state index contributed by atoms with van der Waals surface area (Å²) in [7, 11) is -2.58. The summed E-state index contributed by atoms with van der Waals surface area (Å²) in [6, 6.07) is 8.07. The summed E-state index contributed by atoms with van der Waals surface area (Å²) in [5.74, 6) is -1.21.